The number of benzene rings is 3. The molecule has 1 N–H and O–H groups in total. The van der Waals surface area contributed by atoms with E-state index < -0.39 is 0 Å². The van der Waals surface area contributed by atoms with Gasteiger partial charge < -0.3 is 10.1 Å². The maximum Gasteiger partial charge on any atom is 0.255 e. The predicted molar refractivity (Wildman–Crippen MR) is 117 cm³/mol. The molecule has 3 aromatic carbocycles. The van der Waals surface area contributed by atoms with Crippen LogP contribution in [0, 0.1) is 0 Å². The molecule has 4 nitrogen and oxygen atoms in total. The summed E-state index contributed by atoms with van der Waals surface area (Å²) in [5.41, 5.74) is 5.48. The first-order valence-corrected chi connectivity index (χ1v) is 10.1. The number of hydrogen-bond acceptors (Lipinski definition) is 3. The average Bonchev–Trinajstić information content (AvgIpc) is 2.78. The van der Waals surface area contributed by atoms with Gasteiger partial charge in [0.1, 0.15) is 5.75 Å². The van der Waals surface area contributed by atoms with Crippen LogP contribution in [0.25, 0.3) is 0 Å². The highest BCUT2D eigenvalue weighted by Gasteiger charge is 2.19. The molecule has 0 aromatic heterocycles. The Bertz CT molecular complexity index is 968. The molecule has 0 atom stereocenters. The highest BCUT2D eigenvalue weighted by atomic mass is 16.5. The van der Waals surface area contributed by atoms with Crippen molar-refractivity contribution in [2.45, 2.75) is 19.4 Å². The first-order valence-electron chi connectivity index (χ1n) is 10.1. The molecule has 0 radical (unpaired) electrons. The van der Waals surface area contributed by atoms with Gasteiger partial charge in [-0.25, -0.2) is 0 Å². The normalized spacial score (nSPS) is 13.6. The number of methoxy groups -OCH3 is 1. The molecule has 0 saturated carbocycles. The van der Waals surface area contributed by atoms with Crippen molar-refractivity contribution in [2.24, 2.45) is 0 Å². The quantitative estimate of drug-likeness (QED) is 0.676. The largest absolute Gasteiger partial charge is 0.497 e. The lowest BCUT2D eigenvalue weighted by molar-refractivity contribution is 0.102. The third-order valence-corrected chi connectivity index (χ3v) is 5.50. The van der Waals surface area contributed by atoms with Crippen molar-refractivity contribution in [1.82, 2.24) is 4.90 Å². The number of hydrogen-bond donors (Lipinski definition) is 1. The Kier molecular flexibility index (Phi) is 5.92. The smallest absolute Gasteiger partial charge is 0.255 e. The molecule has 4 rings (SSSR count). The molecule has 0 aliphatic carbocycles. The van der Waals surface area contributed by atoms with E-state index in [2.05, 4.69) is 46.6 Å². The van der Waals surface area contributed by atoms with Crippen LogP contribution in [-0.2, 0) is 19.4 Å². The van der Waals surface area contributed by atoms with Crippen molar-refractivity contribution in [3.05, 3.63) is 95.1 Å². The van der Waals surface area contributed by atoms with Crippen LogP contribution in [0.15, 0.2) is 72.8 Å². The molecule has 1 aliphatic heterocycles. The van der Waals surface area contributed by atoms with Crippen molar-refractivity contribution in [1.29, 1.82) is 0 Å². The van der Waals surface area contributed by atoms with Gasteiger partial charge in [-0.1, -0.05) is 42.5 Å². The third-order valence-electron chi connectivity index (χ3n) is 5.50. The molecule has 29 heavy (non-hydrogen) atoms. The van der Waals surface area contributed by atoms with E-state index in [-0.39, 0.29) is 5.91 Å². The molecule has 0 unspecified atom stereocenters. The summed E-state index contributed by atoms with van der Waals surface area (Å²) in [5.74, 6) is 0.654. The molecule has 1 heterocycles. The van der Waals surface area contributed by atoms with Crippen LogP contribution < -0.4 is 10.1 Å². The van der Waals surface area contributed by atoms with E-state index in [1.54, 1.807) is 31.4 Å². The van der Waals surface area contributed by atoms with Gasteiger partial charge in [-0.2, -0.15) is 0 Å². The van der Waals surface area contributed by atoms with Crippen LogP contribution >= 0.6 is 0 Å². The average molecular weight is 386 g/mol. The van der Waals surface area contributed by atoms with Crippen molar-refractivity contribution in [2.75, 3.05) is 25.5 Å². The van der Waals surface area contributed by atoms with Crippen LogP contribution in [0.2, 0.25) is 0 Å². The molecule has 148 valence electrons. The first kappa shape index (κ1) is 19.2. The second-order valence-electron chi connectivity index (χ2n) is 7.39. The van der Waals surface area contributed by atoms with Gasteiger partial charge in [-0.05, 0) is 59.9 Å². The maximum absolute atomic E-state index is 12.7. The number of anilines is 1. The fraction of sp³-hybridized carbons (Fsp3) is 0.240. The highest BCUT2D eigenvalue weighted by molar-refractivity contribution is 6.04. The summed E-state index contributed by atoms with van der Waals surface area (Å²) in [6.07, 6.45) is 2.01. The minimum absolute atomic E-state index is 0.0902. The van der Waals surface area contributed by atoms with Gasteiger partial charge in [-0.15, -0.1) is 0 Å². The third kappa shape index (κ3) is 4.66. The number of nitrogens with one attached hydrogen (secondary N) is 1. The Morgan fingerprint density at radius 2 is 1.79 bits per heavy atom. The number of rotatable bonds is 6. The summed E-state index contributed by atoms with van der Waals surface area (Å²) < 4.78 is 5.16. The number of carbonyl (C=O) groups is 1. The van der Waals surface area contributed by atoms with Crippen molar-refractivity contribution in [3.8, 4) is 5.75 Å². The van der Waals surface area contributed by atoms with Crippen LogP contribution in [-0.4, -0.2) is 31.0 Å². The topological polar surface area (TPSA) is 41.6 Å². The summed E-state index contributed by atoms with van der Waals surface area (Å²) in [6, 6.07) is 24.0. The van der Waals surface area contributed by atoms with E-state index in [4.69, 9.17) is 4.74 Å². The number of ether oxygens (including phenoxy) is 1. The van der Waals surface area contributed by atoms with Gasteiger partial charge in [0.25, 0.3) is 5.91 Å². The van der Waals surface area contributed by atoms with Crippen LogP contribution in [0.4, 0.5) is 5.69 Å². The molecule has 0 fully saturated rings. The molecule has 0 bridgehead atoms. The molecule has 3 aromatic rings. The minimum atomic E-state index is -0.0902. The maximum atomic E-state index is 12.7. The zero-order valence-corrected chi connectivity index (χ0v) is 16.7. The number of amides is 1. The zero-order chi connectivity index (χ0) is 20.1. The van der Waals surface area contributed by atoms with E-state index in [0.717, 1.165) is 43.9 Å². The Hall–Kier alpha value is -3.11. The van der Waals surface area contributed by atoms with Crippen molar-refractivity contribution >= 4 is 11.6 Å². The fourth-order valence-corrected chi connectivity index (χ4v) is 3.84. The second-order valence-corrected chi connectivity index (χ2v) is 7.39. The summed E-state index contributed by atoms with van der Waals surface area (Å²) in [6.45, 7) is 2.98. The van der Waals surface area contributed by atoms with Gasteiger partial charge in [-0.3, -0.25) is 9.69 Å². The SMILES string of the molecule is COc1ccc(C(=O)Nc2cccc3c2CCN(CCc2ccccc2)C3)cc1. The molecule has 0 saturated heterocycles. The Balaban J connectivity index is 1.41. The van der Waals surface area contributed by atoms with Gasteiger partial charge in [0.15, 0.2) is 0 Å². The molecule has 1 aliphatic rings. The second kappa shape index (κ2) is 8.93. The zero-order valence-electron chi connectivity index (χ0n) is 16.7. The summed E-state index contributed by atoms with van der Waals surface area (Å²) in [7, 11) is 1.62. The fourth-order valence-electron chi connectivity index (χ4n) is 3.84. The predicted octanol–water partition coefficient (Wildman–Crippen LogP) is 4.55. The summed E-state index contributed by atoms with van der Waals surface area (Å²) in [4.78, 5) is 15.2. The van der Waals surface area contributed by atoms with Crippen LogP contribution in [0.3, 0.4) is 0 Å². The van der Waals surface area contributed by atoms with Gasteiger partial charge >= 0.3 is 0 Å². The number of nitrogens with zero attached hydrogens (tertiary/aromatic N) is 1. The number of fused-ring (bicyclic) bond motifs is 1. The summed E-state index contributed by atoms with van der Waals surface area (Å²) in [5, 5.41) is 3.10. The van der Waals surface area contributed by atoms with E-state index in [1.165, 1.54) is 16.7 Å². The van der Waals surface area contributed by atoms with E-state index >= 15 is 0 Å². The van der Waals surface area contributed by atoms with Crippen molar-refractivity contribution < 1.29 is 9.53 Å². The van der Waals surface area contributed by atoms with Crippen LogP contribution in [0.5, 0.6) is 5.75 Å². The standard InChI is InChI=1S/C25H26N2O2/c1-29-22-12-10-20(11-13-22)25(28)26-24-9-5-8-21-18-27(17-15-23(21)24)16-14-19-6-3-2-4-7-19/h2-13H,14-18H2,1H3,(H,26,28). The monoisotopic (exact) mass is 386 g/mol. The van der Waals surface area contributed by atoms with Gasteiger partial charge in [0.2, 0.25) is 0 Å². The molecular weight excluding hydrogens is 360 g/mol. The van der Waals surface area contributed by atoms with E-state index in [9.17, 15) is 4.79 Å². The lowest BCUT2D eigenvalue weighted by atomic mass is 9.97. The molecule has 4 heteroatoms. The Labute approximate surface area is 172 Å². The molecular formula is C25H26N2O2. The van der Waals surface area contributed by atoms with Crippen molar-refractivity contribution in [3.63, 3.8) is 0 Å². The van der Waals surface area contributed by atoms with Gasteiger partial charge in [0, 0.05) is 30.9 Å². The summed E-state index contributed by atoms with van der Waals surface area (Å²) >= 11 is 0. The highest BCUT2D eigenvalue weighted by Crippen LogP contribution is 2.27. The minimum Gasteiger partial charge on any atom is -0.497 e. The Morgan fingerprint density at radius 1 is 1.00 bits per heavy atom. The molecule has 0 spiro atoms. The molecule has 1 amide bonds. The number of carbonyl (C=O) groups excluding carboxylic acids is 1. The first-order chi connectivity index (χ1) is 14.2. The lowest BCUT2D eigenvalue weighted by Gasteiger charge is -2.30. The van der Waals surface area contributed by atoms with E-state index in [0.29, 0.717) is 5.56 Å². The lowest BCUT2D eigenvalue weighted by Crippen LogP contribution is -2.32. The van der Waals surface area contributed by atoms with Crippen LogP contribution in [0.1, 0.15) is 27.0 Å². The van der Waals surface area contributed by atoms with E-state index in [1.807, 2.05) is 12.1 Å². The van der Waals surface area contributed by atoms with Gasteiger partial charge in [0.05, 0.1) is 7.11 Å². The Morgan fingerprint density at radius 3 is 2.55 bits per heavy atom.